The van der Waals surface area contributed by atoms with Crippen LogP contribution < -0.4 is 11.1 Å². The van der Waals surface area contributed by atoms with Gasteiger partial charge in [0.05, 0.1) is 19.3 Å². The van der Waals surface area contributed by atoms with Crippen molar-refractivity contribution >= 4 is 11.7 Å². The number of rotatable bonds is 9. The number of ether oxygens (including phenoxy) is 2. The summed E-state index contributed by atoms with van der Waals surface area (Å²) in [6.45, 7) is 2.67. The average molecular weight is 247 g/mol. The van der Waals surface area contributed by atoms with Crippen molar-refractivity contribution in [2.75, 3.05) is 26.9 Å². The number of hydrogen-bond donors (Lipinski definition) is 3. The third kappa shape index (κ3) is 7.53. The molecule has 0 saturated heterocycles. The van der Waals surface area contributed by atoms with E-state index < -0.39 is 6.04 Å². The normalized spacial score (nSPS) is 13.4. The summed E-state index contributed by atoms with van der Waals surface area (Å²) in [4.78, 5) is 11.4. The lowest BCUT2D eigenvalue weighted by Crippen LogP contribution is -2.45. The molecule has 0 aromatic heterocycles. The number of nitrogens with one attached hydrogen (secondary N) is 1. The molecule has 1 unspecified atom stereocenters. The third-order valence-electron chi connectivity index (χ3n) is 2.05. The highest BCUT2D eigenvalue weighted by Gasteiger charge is 2.15. The molecule has 0 radical (unpaired) electrons. The second-order valence-electron chi connectivity index (χ2n) is 3.48. The number of nitrogens with zero attached hydrogens (tertiary/aromatic N) is 1. The Labute approximate surface area is 101 Å². The SMILES string of the molecule is CCCC(NC(=O)COCCOC)C(N)=NO. The summed E-state index contributed by atoms with van der Waals surface area (Å²) in [5, 5.41) is 14.1. The Morgan fingerprint density at radius 2 is 2.24 bits per heavy atom. The molecule has 100 valence electrons. The number of nitrogens with two attached hydrogens (primary N) is 1. The van der Waals surface area contributed by atoms with Crippen LogP contribution in [0, 0.1) is 0 Å². The van der Waals surface area contributed by atoms with Gasteiger partial charge in [0.1, 0.15) is 6.61 Å². The summed E-state index contributed by atoms with van der Waals surface area (Å²) in [5.74, 6) is -0.303. The van der Waals surface area contributed by atoms with Gasteiger partial charge in [-0.15, -0.1) is 0 Å². The number of amidine groups is 1. The minimum atomic E-state index is -0.455. The Morgan fingerprint density at radius 3 is 2.76 bits per heavy atom. The maximum absolute atomic E-state index is 11.4. The standard InChI is InChI=1S/C10H21N3O4/c1-3-4-8(10(11)13-15)12-9(14)7-17-6-5-16-2/h8,15H,3-7H2,1-2H3,(H2,11,13)(H,12,14). The Balaban J connectivity index is 3.95. The Hall–Kier alpha value is -1.34. The van der Waals surface area contributed by atoms with Crippen molar-refractivity contribution in [3.8, 4) is 0 Å². The van der Waals surface area contributed by atoms with Crippen LogP contribution in [0.15, 0.2) is 5.16 Å². The first-order valence-electron chi connectivity index (χ1n) is 5.49. The minimum Gasteiger partial charge on any atom is -0.409 e. The van der Waals surface area contributed by atoms with E-state index >= 15 is 0 Å². The molecule has 7 nitrogen and oxygen atoms in total. The van der Waals surface area contributed by atoms with Crippen LogP contribution in [-0.4, -0.2) is 49.9 Å². The smallest absolute Gasteiger partial charge is 0.246 e. The van der Waals surface area contributed by atoms with E-state index in [1.807, 2.05) is 6.92 Å². The second kappa shape index (κ2) is 9.86. The fourth-order valence-corrected chi connectivity index (χ4v) is 1.20. The quantitative estimate of drug-likeness (QED) is 0.170. The zero-order chi connectivity index (χ0) is 13.1. The van der Waals surface area contributed by atoms with Crippen LogP contribution in [0.5, 0.6) is 0 Å². The molecule has 0 fully saturated rings. The van der Waals surface area contributed by atoms with Gasteiger partial charge in [0, 0.05) is 7.11 Å². The van der Waals surface area contributed by atoms with Gasteiger partial charge in [-0.25, -0.2) is 0 Å². The molecule has 0 bridgehead atoms. The van der Waals surface area contributed by atoms with Crippen LogP contribution >= 0.6 is 0 Å². The van der Waals surface area contributed by atoms with Crippen molar-refractivity contribution in [3.63, 3.8) is 0 Å². The summed E-state index contributed by atoms with van der Waals surface area (Å²) in [6.07, 6.45) is 1.42. The summed E-state index contributed by atoms with van der Waals surface area (Å²) < 4.78 is 9.82. The van der Waals surface area contributed by atoms with Gasteiger partial charge in [0.2, 0.25) is 5.91 Å². The number of carbonyl (C=O) groups excluding carboxylic acids is 1. The predicted octanol–water partition coefficient (Wildman–Crippen LogP) is -0.319. The Bertz CT molecular complexity index is 246. The van der Waals surface area contributed by atoms with Crippen molar-refractivity contribution in [3.05, 3.63) is 0 Å². The molecule has 0 spiro atoms. The number of carbonyl (C=O) groups is 1. The molecule has 0 aromatic rings. The van der Waals surface area contributed by atoms with E-state index in [-0.39, 0.29) is 18.3 Å². The van der Waals surface area contributed by atoms with Crippen molar-refractivity contribution in [2.24, 2.45) is 10.9 Å². The van der Waals surface area contributed by atoms with Crippen LogP contribution in [0.4, 0.5) is 0 Å². The second-order valence-corrected chi connectivity index (χ2v) is 3.48. The highest BCUT2D eigenvalue weighted by Crippen LogP contribution is 1.97. The molecule has 0 heterocycles. The molecule has 7 heteroatoms. The molecule has 0 aliphatic carbocycles. The Morgan fingerprint density at radius 1 is 1.53 bits per heavy atom. The van der Waals surface area contributed by atoms with E-state index in [4.69, 9.17) is 20.4 Å². The molecule has 4 N–H and O–H groups in total. The van der Waals surface area contributed by atoms with E-state index in [0.717, 1.165) is 6.42 Å². The average Bonchev–Trinajstić information content (AvgIpc) is 2.33. The third-order valence-corrected chi connectivity index (χ3v) is 2.05. The van der Waals surface area contributed by atoms with Gasteiger partial charge in [-0.05, 0) is 6.42 Å². The monoisotopic (exact) mass is 247 g/mol. The number of amides is 1. The Kier molecular flexibility index (Phi) is 9.08. The first-order chi connectivity index (χ1) is 8.15. The first kappa shape index (κ1) is 15.7. The van der Waals surface area contributed by atoms with Crippen LogP contribution in [0.2, 0.25) is 0 Å². The first-order valence-corrected chi connectivity index (χ1v) is 5.49. The highest BCUT2D eigenvalue weighted by molar-refractivity contribution is 5.90. The molecular weight excluding hydrogens is 226 g/mol. The summed E-state index contributed by atoms with van der Waals surface area (Å²) in [7, 11) is 1.55. The van der Waals surface area contributed by atoms with Gasteiger partial charge in [0.15, 0.2) is 5.84 Å². The maximum atomic E-state index is 11.4. The lowest BCUT2D eigenvalue weighted by molar-refractivity contribution is -0.126. The van der Waals surface area contributed by atoms with E-state index in [1.54, 1.807) is 7.11 Å². The van der Waals surface area contributed by atoms with Crippen molar-refractivity contribution in [1.29, 1.82) is 0 Å². The fourth-order valence-electron chi connectivity index (χ4n) is 1.20. The van der Waals surface area contributed by atoms with E-state index in [2.05, 4.69) is 10.5 Å². The molecule has 1 amide bonds. The molecule has 0 saturated carbocycles. The largest absolute Gasteiger partial charge is 0.409 e. The number of methoxy groups -OCH3 is 1. The fraction of sp³-hybridized carbons (Fsp3) is 0.800. The topological polar surface area (TPSA) is 106 Å². The van der Waals surface area contributed by atoms with Crippen molar-refractivity contribution in [2.45, 2.75) is 25.8 Å². The van der Waals surface area contributed by atoms with Gasteiger partial charge < -0.3 is 25.7 Å². The van der Waals surface area contributed by atoms with Crippen LogP contribution in [0.25, 0.3) is 0 Å². The molecule has 0 rings (SSSR count). The van der Waals surface area contributed by atoms with Gasteiger partial charge in [-0.2, -0.15) is 0 Å². The van der Waals surface area contributed by atoms with Crippen molar-refractivity contribution < 1.29 is 19.5 Å². The minimum absolute atomic E-state index is 0.00269. The van der Waals surface area contributed by atoms with Gasteiger partial charge in [-0.3, -0.25) is 4.79 Å². The van der Waals surface area contributed by atoms with Gasteiger partial charge >= 0.3 is 0 Å². The molecule has 0 aromatic carbocycles. The maximum Gasteiger partial charge on any atom is 0.246 e. The molecule has 17 heavy (non-hydrogen) atoms. The molecule has 0 aliphatic rings. The zero-order valence-electron chi connectivity index (χ0n) is 10.3. The zero-order valence-corrected chi connectivity index (χ0v) is 10.3. The van der Waals surface area contributed by atoms with E-state index in [9.17, 15) is 4.79 Å². The molecule has 0 aliphatic heterocycles. The van der Waals surface area contributed by atoms with Crippen LogP contribution in [0.3, 0.4) is 0 Å². The van der Waals surface area contributed by atoms with Gasteiger partial charge in [0.25, 0.3) is 0 Å². The summed E-state index contributed by atoms with van der Waals surface area (Å²) in [6, 6.07) is -0.455. The summed E-state index contributed by atoms with van der Waals surface area (Å²) in [5.41, 5.74) is 5.45. The number of oxime groups is 1. The van der Waals surface area contributed by atoms with Crippen molar-refractivity contribution in [1.82, 2.24) is 5.32 Å². The highest BCUT2D eigenvalue weighted by atomic mass is 16.5. The van der Waals surface area contributed by atoms with Crippen LogP contribution in [-0.2, 0) is 14.3 Å². The predicted molar refractivity (Wildman–Crippen MR) is 62.9 cm³/mol. The van der Waals surface area contributed by atoms with E-state index in [1.165, 1.54) is 0 Å². The van der Waals surface area contributed by atoms with Crippen LogP contribution in [0.1, 0.15) is 19.8 Å². The van der Waals surface area contributed by atoms with E-state index in [0.29, 0.717) is 19.6 Å². The van der Waals surface area contributed by atoms with Gasteiger partial charge in [-0.1, -0.05) is 18.5 Å². The molecular formula is C10H21N3O4. The lowest BCUT2D eigenvalue weighted by Gasteiger charge is -2.16. The lowest BCUT2D eigenvalue weighted by atomic mass is 10.1. The summed E-state index contributed by atoms with van der Waals surface area (Å²) >= 11 is 0. The molecule has 1 atom stereocenters. The number of hydrogen-bond acceptors (Lipinski definition) is 5.